The minimum absolute atomic E-state index is 0.777. The lowest BCUT2D eigenvalue weighted by atomic mass is 10.00. The highest BCUT2D eigenvalue weighted by molar-refractivity contribution is 7.13. The summed E-state index contributed by atoms with van der Waals surface area (Å²) in [5, 5.41) is 9.30. The molecule has 0 atom stereocenters. The fourth-order valence-electron chi connectivity index (χ4n) is 3.86. The van der Waals surface area contributed by atoms with Gasteiger partial charge < -0.3 is 22.1 Å². The number of thiophene rings is 1. The minimum Gasteiger partial charge on any atom is -0.330 e. The Labute approximate surface area is 194 Å². The van der Waals surface area contributed by atoms with Crippen LogP contribution in [0.25, 0.3) is 10.4 Å². The zero-order valence-electron chi connectivity index (χ0n) is 19.3. The van der Waals surface area contributed by atoms with Crippen molar-refractivity contribution < 1.29 is 0 Å². The van der Waals surface area contributed by atoms with Gasteiger partial charge in [-0.15, -0.1) is 11.3 Å². The molecule has 31 heavy (non-hydrogen) atoms. The summed E-state index contributed by atoms with van der Waals surface area (Å²) < 4.78 is 0. The molecule has 2 rings (SSSR count). The summed E-state index contributed by atoms with van der Waals surface area (Å²) >= 11 is 1.83. The number of rotatable bonds is 19. The normalized spacial score (nSPS) is 11.3. The highest BCUT2D eigenvalue weighted by atomic mass is 32.1. The molecular weight excluding hydrogens is 400 g/mol. The highest BCUT2D eigenvalue weighted by Gasteiger charge is 2.05. The molecule has 0 saturated carbocycles. The van der Waals surface area contributed by atoms with Crippen molar-refractivity contribution in [1.82, 2.24) is 10.6 Å². The lowest BCUT2D eigenvalue weighted by Crippen LogP contribution is -2.19. The number of hydrogen-bond acceptors (Lipinski definition) is 5. The van der Waals surface area contributed by atoms with Gasteiger partial charge in [0.25, 0.3) is 0 Å². The predicted octanol–water partition coefficient (Wildman–Crippen LogP) is 5.07. The summed E-state index contributed by atoms with van der Waals surface area (Å²) in [5.41, 5.74) is 15.4. The molecule has 1 aromatic carbocycles. The molecule has 0 aliphatic heterocycles. The molecule has 0 amide bonds. The average molecular weight is 445 g/mol. The summed E-state index contributed by atoms with van der Waals surface area (Å²) in [6.07, 6.45) is 12.3. The van der Waals surface area contributed by atoms with Crippen molar-refractivity contribution in [3.63, 3.8) is 0 Å². The van der Waals surface area contributed by atoms with E-state index in [0.29, 0.717) is 0 Å². The summed E-state index contributed by atoms with van der Waals surface area (Å²) in [6, 6.07) is 11.5. The summed E-state index contributed by atoms with van der Waals surface area (Å²) in [6.45, 7) is 5.81. The second kappa shape index (κ2) is 17.3. The second-order valence-electron chi connectivity index (χ2n) is 8.45. The topological polar surface area (TPSA) is 76.1 Å². The Morgan fingerprint density at radius 2 is 1.35 bits per heavy atom. The van der Waals surface area contributed by atoms with Gasteiger partial charge in [-0.2, -0.15) is 0 Å². The van der Waals surface area contributed by atoms with Crippen LogP contribution in [0.15, 0.2) is 35.7 Å². The molecule has 0 unspecified atom stereocenters. The van der Waals surface area contributed by atoms with Crippen LogP contribution in [0, 0.1) is 0 Å². The van der Waals surface area contributed by atoms with Gasteiger partial charge in [-0.25, -0.2) is 0 Å². The maximum absolute atomic E-state index is 5.56. The first-order valence-corrected chi connectivity index (χ1v) is 13.2. The van der Waals surface area contributed by atoms with E-state index in [1.165, 1.54) is 66.5 Å². The van der Waals surface area contributed by atoms with Crippen LogP contribution in [0.4, 0.5) is 0 Å². The Morgan fingerprint density at radius 3 is 2.13 bits per heavy atom. The molecule has 0 aliphatic rings. The molecule has 6 N–H and O–H groups in total. The minimum atomic E-state index is 0.777. The van der Waals surface area contributed by atoms with E-state index in [9.17, 15) is 0 Å². The van der Waals surface area contributed by atoms with Crippen molar-refractivity contribution >= 4 is 11.3 Å². The van der Waals surface area contributed by atoms with Gasteiger partial charge in [0.2, 0.25) is 0 Å². The third kappa shape index (κ3) is 11.8. The zero-order chi connectivity index (χ0) is 22.0. The lowest BCUT2D eigenvalue weighted by Gasteiger charge is -2.11. The highest BCUT2D eigenvalue weighted by Crippen LogP contribution is 2.27. The molecule has 5 heteroatoms. The Morgan fingerprint density at radius 1 is 0.677 bits per heavy atom. The Kier molecular flexibility index (Phi) is 14.5. The number of benzene rings is 1. The van der Waals surface area contributed by atoms with Crippen molar-refractivity contribution in [2.45, 2.75) is 70.8 Å². The van der Waals surface area contributed by atoms with E-state index in [1.54, 1.807) is 0 Å². The van der Waals surface area contributed by atoms with Gasteiger partial charge >= 0.3 is 0 Å². The van der Waals surface area contributed by atoms with Crippen LogP contribution in [-0.2, 0) is 13.0 Å². The third-order valence-electron chi connectivity index (χ3n) is 5.62. The number of nitrogens with two attached hydrogens (primary N) is 2. The van der Waals surface area contributed by atoms with Crippen LogP contribution in [-0.4, -0.2) is 32.7 Å². The maximum Gasteiger partial charge on any atom is 0.0342 e. The Balaban J connectivity index is 1.77. The fraction of sp³-hybridized carbons (Fsp3) is 0.615. The largest absolute Gasteiger partial charge is 0.330 e. The van der Waals surface area contributed by atoms with E-state index in [4.69, 9.17) is 11.5 Å². The SMILES string of the molecule is NCCCCCCCNCc1cc(CCCCCNCCCN)cc(-c2cccs2)c1. The predicted molar refractivity (Wildman–Crippen MR) is 138 cm³/mol. The van der Waals surface area contributed by atoms with Crippen molar-refractivity contribution in [2.24, 2.45) is 11.5 Å². The standard InChI is InChI=1S/C26H44N4S/c27-13-6-2-1-3-7-16-30-22-24-19-23(11-5-4-8-15-29-17-10-14-28)20-25(21-24)26-12-9-18-31-26/h9,12,18-21,29-30H,1-8,10-11,13-17,22,27-28H2. The van der Waals surface area contributed by atoms with E-state index in [1.807, 2.05) is 11.3 Å². The average Bonchev–Trinajstić information content (AvgIpc) is 3.32. The van der Waals surface area contributed by atoms with Gasteiger partial charge in [0.05, 0.1) is 0 Å². The molecular formula is C26H44N4S. The quantitative estimate of drug-likeness (QED) is 0.228. The van der Waals surface area contributed by atoms with Gasteiger partial charge in [-0.3, -0.25) is 0 Å². The molecule has 1 aromatic heterocycles. The number of unbranched alkanes of at least 4 members (excludes halogenated alkanes) is 6. The number of hydrogen-bond donors (Lipinski definition) is 4. The van der Waals surface area contributed by atoms with Crippen LogP contribution in [0.2, 0.25) is 0 Å². The first kappa shape index (κ1) is 26.0. The fourth-order valence-corrected chi connectivity index (χ4v) is 4.57. The molecule has 2 aromatic rings. The number of aryl methyl sites for hydroxylation is 1. The molecule has 0 radical (unpaired) electrons. The van der Waals surface area contributed by atoms with Gasteiger partial charge in [-0.05, 0) is 105 Å². The lowest BCUT2D eigenvalue weighted by molar-refractivity contribution is 0.577. The van der Waals surface area contributed by atoms with Gasteiger partial charge in [0, 0.05) is 11.4 Å². The molecule has 0 bridgehead atoms. The van der Waals surface area contributed by atoms with Gasteiger partial charge in [0.1, 0.15) is 0 Å². The molecule has 0 aliphatic carbocycles. The zero-order valence-corrected chi connectivity index (χ0v) is 20.2. The van der Waals surface area contributed by atoms with E-state index in [0.717, 1.165) is 58.5 Å². The smallest absolute Gasteiger partial charge is 0.0342 e. The van der Waals surface area contributed by atoms with Crippen LogP contribution < -0.4 is 22.1 Å². The molecule has 1 heterocycles. The van der Waals surface area contributed by atoms with E-state index in [-0.39, 0.29) is 0 Å². The maximum atomic E-state index is 5.56. The van der Waals surface area contributed by atoms with Crippen LogP contribution in [0.5, 0.6) is 0 Å². The van der Waals surface area contributed by atoms with Crippen LogP contribution in [0.1, 0.15) is 68.9 Å². The van der Waals surface area contributed by atoms with E-state index < -0.39 is 0 Å². The first-order chi connectivity index (χ1) is 15.3. The molecule has 0 fully saturated rings. The van der Waals surface area contributed by atoms with Crippen molar-refractivity contribution in [1.29, 1.82) is 0 Å². The van der Waals surface area contributed by atoms with Crippen molar-refractivity contribution in [3.8, 4) is 10.4 Å². The van der Waals surface area contributed by atoms with Crippen LogP contribution >= 0.6 is 11.3 Å². The summed E-state index contributed by atoms with van der Waals surface area (Å²) in [4.78, 5) is 1.37. The molecule has 4 nitrogen and oxygen atoms in total. The van der Waals surface area contributed by atoms with Crippen LogP contribution in [0.3, 0.4) is 0 Å². The van der Waals surface area contributed by atoms with Crippen molar-refractivity contribution in [2.75, 3.05) is 32.7 Å². The summed E-state index contributed by atoms with van der Waals surface area (Å²) in [7, 11) is 0. The first-order valence-electron chi connectivity index (χ1n) is 12.3. The second-order valence-corrected chi connectivity index (χ2v) is 9.40. The van der Waals surface area contributed by atoms with E-state index >= 15 is 0 Å². The monoisotopic (exact) mass is 444 g/mol. The van der Waals surface area contributed by atoms with Crippen molar-refractivity contribution in [3.05, 3.63) is 46.8 Å². The summed E-state index contributed by atoms with van der Waals surface area (Å²) in [5.74, 6) is 0. The van der Waals surface area contributed by atoms with E-state index in [2.05, 4.69) is 46.3 Å². The number of nitrogens with one attached hydrogen (secondary N) is 2. The Hall–Kier alpha value is -1.24. The van der Waals surface area contributed by atoms with Gasteiger partial charge in [0.15, 0.2) is 0 Å². The third-order valence-corrected chi connectivity index (χ3v) is 6.54. The molecule has 0 saturated heterocycles. The molecule has 174 valence electrons. The van der Waals surface area contributed by atoms with Gasteiger partial charge in [-0.1, -0.05) is 43.9 Å². The Bertz CT molecular complexity index is 634. The molecule has 0 spiro atoms.